The van der Waals surface area contributed by atoms with Gasteiger partial charge in [-0.1, -0.05) is 18.2 Å². The molecule has 3 rings (SSSR count). The molecule has 0 amide bonds. The van der Waals surface area contributed by atoms with E-state index in [1.165, 1.54) is 0 Å². The van der Waals surface area contributed by atoms with Gasteiger partial charge in [0, 0.05) is 18.1 Å². The number of aromatic nitrogens is 4. The molecule has 0 radical (unpaired) electrons. The lowest BCUT2D eigenvalue weighted by atomic mass is 10.3. The summed E-state index contributed by atoms with van der Waals surface area (Å²) < 4.78 is 39.6. The van der Waals surface area contributed by atoms with Gasteiger partial charge in [0.15, 0.2) is 17.5 Å². The number of benzene rings is 1. The predicted octanol–water partition coefficient (Wildman–Crippen LogP) is 3.23. The second kappa shape index (κ2) is 9.82. The Bertz CT molecular complexity index is 908. The molecule has 0 atom stereocenters. The normalized spacial score (nSPS) is 11.8. The van der Waals surface area contributed by atoms with Gasteiger partial charge in [-0.05, 0) is 12.1 Å². The van der Waals surface area contributed by atoms with Crippen molar-refractivity contribution in [2.45, 2.75) is 19.3 Å². The highest BCUT2D eigenvalue weighted by Crippen LogP contribution is 2.29. The molecule has 0 saturated heterocycles. The van der Waals surface area contributed by atoms with Crippen molar-refractivity contribution in [3.63, 3.8) is 0 Å². The van der Waals surface area contributed by atoms with E-state index in [4.69, 9.17) is 0 Å². The van der Waals surface area contributed by atoms with E-state index in [1.807, 2.05) is 34.9 Å². The second-order valence-corrected chi connectivity index (χ2v) is 6.30. The minimum absolute atomic E-state index is 0. The highest BCUT2D eigenvalue weighted by molar-refractivity contribution is 14.0. The molecule has 0 saturated carbocycles. The quantitative estimate of drug-likeness (QED) is 0.305. The van der Waals surface area contributed by atoms with E-state index in [9.17, 15) is 13.2 Å². The van der Waals surface area contributed by atoms with Gasteiger partial charge in [0.25, 0.3) is 0 Å². The Morgan fingerprint density at radius 3 is 2.54 bits per heavy atom. The number of aliphatic imine (C=N–C) groups is 1. The topological polar surface area (TPSA) is 80.0 Å². The molecule has 0 unspecified atom stereocenters. The number of halogens is 4. The number of nitrogens with one attached hydrogen (secondary N) is 2. The number of hydrogen-bond acceptors (Lipinski definition) is 5. The van der Waals surface area contributed by atoms with Gasteiger partial charge in [-0.15, -0.1) is 45.5 Å². The van der Waals surface area contributed by atoms with Gasteiger partial charge < -0.3 is 10.6 Å². The van der Waals surface area contributed by atoms with Crippen LogP contribution in [0.2, 0.25) is 0 Å². The van der Waals surface area contributed by atoms with Crippen LogP contribution < -0.4 is 10.6 Å². The maximum absolute atomic E-state index is 12.6. The summed E-state index contributed by atoms with van der Waals surface area (Å²) in [4.78, 5) is 7.63. The van der Waals surface area contributed by atoms with Crippen LogP contribution >= 0.6 is 35.3 Å². The first kappa shape index (κ1) is 22.1. The van der Waals surface area contributed by atoms with Gasteiger partial charge >= 0.3 is 6.18 Å². The molecule has 3 aromatic rings. The number of alkyl halides is 3. The summed E-state index contributed by atoms with van der Waals surface area (Å²) >= 11 is 0.942. The molecule has 7 nitrogen and oxygen atoms in total. The summed E-state index contributed by atoms with van der Waals surface area (Å²) in [5.41, 5.74) is 0.0351. The fourth-order valence-electron chi connectivity index (χ4n) is 2.25. The maximum atomic E-state index is 12.6. The Morgan fingerprint density at radius 1 is 1.18 bits per heavy atom. The number of guanidine groups is 1. The number of hydrogen-bond donors (Lipinski definition) is 2. The van der Waals surface area contributed by atoms with Crippen molar-refractivity contribution >= 4 is 41.3 Å². The van der Waals surface area contributed by atoms with Crippen LogP contribution in [0.3, 0.4) is 0 Å². The minimum Gasteiger partial charge on any atom is -0.350 e. The highest BCUT2D eigenvalue weighted by Gasteiger charge is 2.33. The van der Waals surface area contributed by atoms with E-state index >= 15 is 0 Å². The number of para-hydroxylation sites is 1. The smallest absolute Gasteiger partial charge is 0.350 e. The molecule has 150 valence electrons. The Kier molecular flexibility index (Phi) is 7.74. The molecule has 0 bridgehead atoms. The summed E-state index contributed by atoms with van der Waals surface area (Å²) in [6, 6.07) is 9.61. The fraction of sp³-hybridized carbons (Fsp3) is 0.250. The highest BCUT2D eigenvalue weighted by atomic mass is 127. The Hall–Kier alpha value is -2.22. The molecule has 0 spiro atoms. The number of thiazole rings is 1. The third-order valence-corrected chi connectivity index (χ3v) is 4.39. The second-order valence-electron chi connectivity index (χ2n) is 5.36. The minimum atomic E-state index is -4.43. The number of nitrogens with zero attached hydrogens (tertiary/aromatic N) is 5. The molecule has 0 aliphatic rings. The van der Waals surface area contributed by atoms with Crippen LogP contribution in [-0.4, -0.2) is 32.8 Å². The maximum Gasteiger partial charge on any atom is 0.434 e. The zero-order valence-electron chi connectivity index (χ0n) is 14.6. The van der Waals surface area contributed by atoms with Crippen LogP contribution in [0.25, 0.3) is 5.69 Å². The van der Waals surface area contributed by atoms with Crippen molar-refractivity contribution in [1.29, 1.82) is 0 Å². The van der Waals surface area contributed by atoms with Gasteiger partial charge in [0.05, 0.1) is 13.1 Å². The van der Waals surface area contributed by atoms with E-state index in [2.05, 4.69) is 30.8 Å². The molecule has 2 N–H and O–H groups in total. The Balaban J connectivity index is 0.00000280. The summed E-state index contributed by atoms with van der Waals surface area (Å²) in [6.07, 6.45) is -2.83. The summed E-state index contributed by atoms with van der Waals surface area (Å²) in [5, 5.41) is 15.3. The van der Waals surface area contributed by atoms with E-state index in [1.54, 1.807) is 13.4 Å². The van der Waals surface area contributed by atoms with Crippen molar-refractivity contribution in [2.75, 3.05) is 7.05 Å². The van der Waals surface area contributed by atoms with E-state index < -0.39 is 11.9 Å². The molecule has 0 aliphatic carbocycles. The SMILES string of the molecule is CN=C(NCc1nc(C(F)(F)F)cs1)NCc1nncn1-c1ccccc1.I. The lowest BCUT2D eigenvalue weighted by Gasteiger charge is -2.11. The summed E-state index contributed by atoms with van der Waals surface area (Å²) in [7, 11) is 1.57. The van der Waals surface area contributed by atoms with Gasteiger partial charge in [0.2, 0.25) is 0 Å². The summed E-state index contributed by atoms with van der Waals surface area (Å²) in [5.74, 6) is 1.08. The Labute approximate surface area is 180 Å². The van der Waals surface area contributed by atoms with Crippen molar-refractivity contribution in [3.8, 4) is 5.69 Å². The monoisotopic (exact) mass is 523 g/mol. The third kappa shape index (κ3) is 5.64. The van der Waals surface area contributed by atoms with Crippen LogP contribution in [0.1, 0.15) is 16.5 Å². The molecule has 12 heteroatoms. The van der Waals surface area contributed by atoms with Crippen molar-refractivity contribution in [3.05, 3.63) is 58.6 Å². The molecule has 0 aliphatic heterocycles. The molecule has 28 heavy (non-hydrogen) atoms. The summed E-state index contributed by atoms with van der Waals surface area (Å²) in [6.45, 7) is 0.464. The van der Waals surface area contributed by atoms with Crippen molar-refractivity contribution in [1.82, 2.24) is 30.4 Å². The standard InChI is InChI=1S/C16H16F3N7S.HI/c1-20-15(22-8-14-24-12(9-27-14)16(17,18)19)21-7-13-25-23-10-26(13)11-5-3-2-4-6-11;/h2-6,9-10H,7-8H2,1H3,(H2,20,21,22);1H. The van der Waals surface area contributed by atoms with E-state index in [0.29, 0.717) is 23.3 Å². The molecule has 1 aromatic carbocycles. The predicted molar refractivity (Wildman–Crippen MR) is 111 cm³/mol. The van der Waals surface area contributed by atoms with Gasteiger partial charge in [-0.2, -0.15) is 13.2 Å². The number of rotatable bonds is 5. The lowest BCUT2D eigenvalue weighted by Crippen LogP contribution is -2.37. The molecule has 2 heterocycles. The van der Waals surface area contributed by atoms with Gasteiger partial charge in [-0.25, -0.2) is 4.98 Å². The average Bonchev–Trinajstić information content (AvgIpc) is 3.32. The fourth-order valence-corrected chi connectivity index (χ4v) is 2.99. The third-order valence-electron chi connectivity index (χ3n) is 3.54. The van der Waals surface area contributed by atoms with Crippen molar-refractivity contribution < 1.29 is 13.2 Å². The Morgan fingerprint density at radius 2 is 1.89 bits per heavy atom. The van der Waals surface area contributed by atoms with E-state index in [-0.39, 0.29) is 30.5 Å². The largest absolute Gasteiger partial charge is 0.434 e. The molecular formula is C16H17F3IN7S. The van der Waals surface area contributed by atoms with Crippen LogP contribution in [0.5, 0.6) is 0 Å². The van der Waals surface area contributed by atoms with Crippen LogP contribution in [0.4, 0.5) is 13.2 Å². The van der Waals surface area contributed by atoms with Crippen molar-refractivity contribution in [2.24, 2.45) is 4.99 Å². The van der Waals surface area contributed by atoms with Crippen LogP contribution in [-0.2, 0) is 19.3 Å². The van der Waals surface area contributed by atoms with Crippen LogP contribution in [0.15, 0.2) is 47.0 Å². The average molecular weight is 523 g/mol. The molecule has 2 aromatic heterocycles. The first-order chi connectivity index (χ1) is 13.0. The molecule has 0 fully saturated rings. The zero-order chi connectivity index (χ0) is 19.3. The first-order valence-electron chi connectivity index (χ1n) is 7.88. The zero-order valence-corrected chi connectivity index (χ0v) is 17.8. The molecular weight excluding hydrogens is 506 g/mol. The van der Waals surface area contributed by atoms with Gasteiger partial charge in [-0.3, -0.25) is 9.56 Å². The van der Waals surface area contributed by atoms with Crippen LogP contribution in [0, 0.1) is 0 Å². The van der Waals surface area contributed by atoms with E-state index in [0.717, 1.165) is 22.4 Å². The first-order valence-corrected chi connectivity index (χ1v) is 8.76. The van der Waals surface area contributed by atoms with Gasteiger partial charge in [0.1, 0.15) is 11.3 Å². The lowest BCUT2D eigenvalue weighted by molar-refractivity contribution is -0.140.